The van der Waals surface area contributed by atoms with Gasteiger partial charge in [0.1, 0.15) is 0 Å². The van der Waals surface area contributed by atoms with Crippen molar-refractivity contribution < 1.29 is 22.8 Å². The molecule has 2 amide bonds. The highest BCUT2D eigenvalue weighted by Crippen LogP contribution is 2.33. The van der Waals surface area contributed by atoms with Gasteiger partial charge in [-0.3, -0.25) is 9.59 Å². The van der Waals surface area contributed by atoms with Gasteiger partial charge >= 0.3 is 6.18 Å². The Bertz CT molecular complexity index is 592. The predicted octanol–water partition coefficient (Wildman–Crippen LogP) is 2.87. The van der Waals surface area contributed by atoms with Crippen LogP contribution in [0.3, 0.4) is 0 Å². The first-order valence-corrected chi connectivity index (χ1v) is 7.53. The molecule has 0 bridgehead atoms. The lowest BCUT2D eigenvalue weighted by atomic mass is 9.97. The molecule has 1 aliphatic rings. The fraction of sp³-hybridized carbons (Fsp3) is 0.467. The number of carbonyl (C=O) groups is 2. The monoisotopic (exact) mass is 348 g/mol. The van der Waals surface area contributed by atoms with Crippen LogP contribution in [0.2, 0.25) is 5.02 Å². The van der Waals surface area contributed by atoms with Crippen molar-refractivity contribution in [1.82, 2.24) is 10.2 Å². The number of hydrogen-bond donors (Lipinski definition) is 1. The Balaban J connectivity index is 1.88. The average Bonchev–Trinajstić information content (AvgIpc) is 2.51. The van der Waals surface area contributed by atoms with E-state index in [1.165, 1.54) is 12.1 Å². The number of piperidine rings is 1. The Hall–Kier alpha value is -1.76. The number of hydrogen-bond acceptors (Lipinski definition) is 2. The Labute approximate surface area is 136 Å². The van der Waals surface area contributed by atoms with Crippen molar-refractivity contribution in [3.05, 3.63) is 34.9 Å². The summed E-state index contributed by atoms with van der Waals surface area (Å²) in [6.45, 7) is -0.413. The van der Waals surface area contributed by atoms with E-state index >= 15 is 0 Å². The normalized spacial score (nSPS) is 18.6. The minimum Gasteiger partial charge on any atom is -0.343 e. The van der Waals surface area contributed by atoms with Gasteiger partial charge in [0.15, 0.2) is 0 Å². The molecule has 0 aromatic heterocycles. The molecule has 1 saturated heterocycles. The van der Waals surface area contributed by atoms with Crippen molar-refractivity contribution in [2.24, 2.45) is 5.92 Å². The summed E-state index contributed by atoms with van der Waals surface area (Å²) in [6, 6.07) is 6.18. The molecule has 8 heteroatoms. The van der Waals surface area contributed by atoms with E-state index < -0.39 is 23.9 Å². The molecule has 0 spiro atoms. The molecule has 1 N–H and O–H groups in total. The van der Waals surface area contributed by atoms with Gasteiger partial charge in [-0.2, -0.15) is 13.2 Å². The van der Waals surface area contributed by atoms with Crippen LogP contribution in [0.5, 0.6) is 0 Å². The van der Waals surface area contributed by atoms with E-state index in [1.807, 2.05) is 0 Å². The summed E-state index contributed by atoms with van der Waals surface area (Å²) in [7, 11) is 0. The molecule has 0 radical (unpaired) electrons. The molecule has 0 saturated carbocycles. The van der Waals surface area contributed by atoms with Crippen LogP contribution in [0.4, 0.5) is 13.2 Å². The smallest absolute Gasteiger partial charge is 0.343 e. The summed E-state index contributed by atoms with van der Waals surface area (Å²) in [5.41, 5.74) is 0.289. The number of nitrogens with zero attached hydrogens (tertiary/aromatic N) is 1. The van der Waals surface area contributed by atoms with Gasteiger partial charge in [-0.1, -0.05) is 17.7 Å². The van der Waals surface area contributed by atoms with E-state index in [-0.39, 0.29) is 31.6 Å². The lowest BCUT2D eigenvalue weighted by molar-refractivity contribution is -0.187. The Morgan fingerprint density at radius 3 is 2.74 bits per heavy atom. The van der Waals surface area contributed by atoms with Crippen LogP contribution < -0.4 is 5.32 Å². The van der Waals surface area contributed by atoms with Crippen LogP contribution >= 0.6 is 11.6 Å². The van der Waals surface area contributed by atoms with Crippen LogP contribution in [-0.2, 0) is 4.79 Å². The summed E-state index contributed by atoms with van der Waals surface area (Å²) in [6.07, 6.45) is -3.97. The predicted molar refractivity (Wildman–Crippen MR) is 79.1 cm³/mol. The molecule has 1 aliphatic heterocycles. The van der Waals surface area contributed by atoms with Crippen molar-refractivity contribution in [3.8, 4) is 0 Å². The van der Waals surface area contributed by atoms with Crippen LogP contribution in [0.25, 0.3) is 0 Å². The third kappa shape index (κ3) is 4.86. The third-order valence-electron chi connectivity index (χ3n) is 3.72. The van der Waals surface area contributed by atoms with Gasteiger partial charge in [0.05, 0.1) is 12.5 Å². The summed E-state index contributed by atoms with van der Waals surface area (Å²) < 4.78 is 38.2. The highest BCUT2D eigenvalue weighted by Gasteiger charge is 2.42. The van der Waals surface area contributed by atoms with Crippen LogP contribution in [0.15, 0.2) is 24.3 Å². The quantitative estimate of drug-likeness (QED) is 0.913. The van der Waals surface area contributed by atoms with E-state index in [4.69, 9.17) is 11.6 Å². The minimum absolute atomic E-state index is 0.0299. The average molecular weight is 349 g/mol. The standard InChI is InChI=1S/C15H16ClF3N2O2/c16-12-5-1-3-10(7-12)14(23)20-8-13(22)21-6-2-4-11(9-21)15(17,18)19/h1,3,5,7,11H,2,4,6,8-9H2,(H,20,23)/t11-/m1/s1. The van der Waals surface area contributed by atoms with Crippen molar-refractivity contribution >= 4 is 23.4 Å². The van der Waals surface area contributed by atoms with Gasteiger partial charge in [0.2, 0.25) is 5.91 Å². The number of benzene rings is 1. The Morgan fingerprint density at radius 2 is 2.09 bits per heavy atom. The maximum atomic E-state index is 12.7. The van der Waals surface area contributed by atoms with Gasteiger partial charge in [0, 0.05) is 23.7 Å². The zero-order valence-electron chi connectivity index (χ0n) is 12.2. The van der Waals surface area contributed by atoms with E-state index in [0.29, 0.717) is 11.4 Å². The molecule has 1 fully saturated rings. The number of amides is 2. The third-order valence-corrected chi connectivity index (χ3v) is 3.96. The zero-order chi connectivity index (χ0) is 17.0. The zero-order valence-corrected chi connectivity index (χ0v) is 13.0. The molecule has 1 heterocycles. The second-order valence-electron chi connectivity index (χ2n) is 5.41. The molecule has 1 aromatic rings. The van der Waals surface area contributed by atoms with Crippen LogP contribution in [-0.4, -0.2) is 42.5 Å². The Kier molecular flexibility index (Phi) is 5.51. The highest BCUT2D eigenvalue weighted by atomic mass is 35.5. The van der Waals surface area contributed by atoms with Crippen molar-refractivity contribution in [1.29, 1.82) is 0 Å². The fourth-order valence-electron chi connectivity index (χ4n) is 2.47. The second-order valence-corrected chi connectivity index (χ2v) is 5.85. The highest BCUT2D eigenvalue weighted by molar-refractivity contribution is 6.30. The number of likely N-dealkylation sites (tertiary alicyclic amines) is 1. The van der Waals surface area contributed by atoms with Crippen molar-refractivity contribution in [2.45, 2.75) is 19.0 Å². The molecule has 4 nitrogen and oxygen atoms in total. The maximum Gasteiger partial charge on any atom is 0.393 e. The van der Waals surface area contributed by atoms with Gasteiger partial charge in [-0.15, -0.1) is 0 Å². The lowest BCUT2D eigenvalue weighted by Crippen LogP contribution is -2.48. The topological polar surface area (TPSA) is 49.4 Å². The van der Waals surface area contributed by atoms with E-state index in [1.54, 1.807) is 12.1 Å². The lowest BCUT2D eigenvalue weighted by Gasteiger charge is -2.33. The molecular formula is C15H16ClF3N2O2. The number of alkyl halides is 3. The first kappa shape index (κ1) is 17.6. The van der Waals surface area contributed by atoms with Gasteiger partial charge in [-0.05, 0) is 31.0 Å². The number of halogens is 4. The number of rotatable bonds is 3. The van der Waals surface area contributed by atoms with Crippen molar-refractivity contribution in [2.75, 3.05) is 19.6 Å². The van der Waals surface area contributed by atoms with Crippen LogP contribution in [0.1, 0.15) is 23.2 Å². The summed E-state index contributed by atoms with van der Waals surface area (Å²) >= 11 is 5.77. The molecule has 0 unspecified atom stereocenters. The van der Waals surface area contributed by atoms with Gasteiger partial charge < -0.3 is 10.2 Å². The first-order valence-electron chi connectivity index (χ1n) is 7.15. The van der Waals surface area contributed by atoms with E-state index in [9.17, 15) is 22.8 Å². The van der Waals surface area contributed by atoms with Crippen LogP contribution in [0, 0.1) is 5.92 Å². The molecular weight excluding hydrogens is 333 g/mol. The summed E-state index contributed by atoms with van der Waals surface area (Å²) in [4.78, 5) is 25.0. The summed E-state index contributed by atoms with van der Waals surface area (Å²) in [5.74, 6) is -2.51. The minimum atomic E-state index is -4.30. The van der Waals surface area contributed by atoms with Gasteiger partial charge in [-0.25, -0.2) is 0 Å². The molecule has 1 aromatic carbocycles. The molecule has 1 atom stereocenters. The number of nitrogens with one attached hydrogen (secondary N) is 1. The van der Waals surface area contributed by atoms with Gasteiger partial charge in [0.25, 0.3) is 5.91 Å². The first-order chi connectivity index (χ1) is 10.8. The largest absolute Gasteiger partial charge is 0.393 e. The number of carbonyl (C=O) groups excluding carboxylic acids is 2. The fourth-order valence-corrected chi connectivity index (χ4v) is 2.66. The molecule has 23 heavy (non-hydrogen) atoms. The molecule has 2 rings (SSSR count). The van der Waals surface area contributed by atoms with E-state index in [2.05, 4.69) is 5.32 Å². The SMILES string of the molecule is O=C(NCC(=O)N1CCC[C@@H](C(F)(F)F)C1)c1cccc(Cl)c1. The molecule has 0 aliphatic carbocycles. The maximum absolute atomic E-state index is 12.7. The second kappa shape index (κ2) is 7.21. The van der Waals surface area contributed by atoms with E-state index in [0.717, 1.165) is 4.90 Å². The Morgan fingerprint density at radius 1 is 1.35 bits per heavy atom. The summed E-state index contributed by atoms with van der Waals surface area (Å²) in [5, 5.41) is 2.79. The molecule has 126 valence electrons. The van der Waals surface area contributed by atoms with Crippen molar-refractivity contribution in [3.63, 3.8) is 0 Å².